The van der Waals surface area contributed by atoms with Gasteiger partial charge in [-0.25, -0.2) is 4.98 Å². The summed E-state index contributed by atoms with van der Waals surface area (Å²) >= 11 is 1.67. The molecule has 1 aliphatic rings. The molecular weight excluding hydrogens is 368 g/mol. The third-order valence-electron chi connectivity index (χ3n) is 5.21. The molecule has 0 bridgehead atoms. The normalized spacial score (nSPS) is 14.3. The molecule has 0 spiro atoms. The van der Waals surface area contributed by atoms with Gasteiger partial charge in [-0.15, -0.1) is 11.3 Å². The number of pyridine rings is 1. The first-order chi connectivity index (χ1) is 13.8. The number of benzene rings is 1. The number of nitrogens with zero attached hydrogens (tertiary/aromatic N) is 2. The van der Waals surface area contributed by atoms with Gasteiger partial charge in [-0.1, -0.05) is 36.4 Å². The van der Waals surface area contributed by atoms with Crippen molar-refractivity contribution in [3.05, 3.63) is 92.6 Å². The number of nitrogens with one attached hydrogen (secondary N) is 2. The van der Waals surface area contributed by atoms with E-state index < -0.39 is 0 Å². The van der Waals surface area contributed by atoms with E-state index in [1.54, 1.807) is 17.5 Å². The van der Waals surface area contributed by atoms with Crippen molar-refractivity contribution < 1.29 is 0 Å². The molecule has 5 nitrogen and oxygen atoms in total. The van der Waals surface area contributed by atoms with Crippen molar-refractivity contribution in [1.82, 2.24) is 20.3 Å². The van der Waals surface area contributed by atoms with Gasteiger partial charge < -0.3 is 4.98 Å². The molecule has 0 saturated carbocycles. The van der Waals surface area contributed by atoms with Crippen LogP contribution in [0.4, 0.5) is 0 Å². The van der Waals surface area contributed by atoms with Crippen molar-refractivity contribution in [3.8, 4) is 0 Å². The summed E-state index contributed by atoms with van der Waals surface area (Å²) in [5.41, 5.74) is 3.26. The largest absolute Gasteiger partial charge is 0.309 e. The molecule has 0 radical (unpaired) electrons. The fourth-order valence-corrected chi connectivity index (χ4v) is 5.20. The van der Waals surface area contributed by atoms with Crippen molar-refractivity contribution in [1.29, 1.82) is 0 Å². The van der Waals surface area contributed by atoms with Gasteiger partial charge in [0.05, 0.1) is 23.7 Å². The molecule has 0 fully saturated rings. The lowest BCUT2D eigenvalue weighted by atomic mass is 10.0. The molecule has 0 aliphatic heterocycles. The van der Waals surface area contributed by atoms with Crippen LogP contribution in [0.5, 0.6) is 0 Å². The lowest BCUT2D eigenvalue weighted by Gasteiger charge is -2.18. The van der Waals surface area contributed by atoms with Crippen molar-refractivity contribution in [3.63, 3.8) is 0 Å². The molecule has 1 unspecified atom stereocenters. The first kappa shape index (κ1) is 17.3. The van der Waals surface area contributed by atoms with E-state index in [0.717, 1.165) is 40.7 Å². The number of aromatic amines is 1. The van der Waals surface area contributed by atoms with E-state index in [4.69, 9.17) is 4.98 Å². The Hall–Kier alpha value is -2.83. The van der Waals surface area contributed by atoms with Crippen LogP contribution >= 0.6 is 11.3 Å². The monoisotopic (exact) mass is 388 g/mol. The molecule has 5 rings (SSSR count). The maximum atomic E-state index is 12.7. The van der Waals surface area contributed by atoms with Crippen LogP contribution in [0.2, 0.25) is 0 Å². The van der Waals surface area contributed by atoms with E-state index in [-0.39, 0.29) is 11.6 Å². The number of fused-ring (bicyclic) bond motifs is 3. The minimum atomic E-state index is -0.0725. The summed E-state index contributed by atoms with van der Waals surface area (Å²) in [5, 5.41) is 4.32. The van der Waals surface area contributed by atoms with Gasteiger partial charge in [0.25, 0.3) is 5.56 Å². The number of hydrogen-bond acceptors (Lipinski definition) is 5. The van der Waals surface area contributed by atoms with Gasteiger partial charge in [-0.2, -0.15) is 0 Å². The van der Waals surface area contributed by atoms with Crippen molar-refractivity contribution in [2.75, 3.05) is 0 Å². The van der Waals surface area contributed by atoms with Crippen LogP contribution in [0.25, 0.3) is 10.2 Å². The minimum Gasteiger partial charge on any atom is -0.309 e. The van der Waals surface area contributed by atoms with Gasteiger partial charge in [0.15, 0.2) is 0 Å². The number of aromatic nitrogens is 3. The highest BCUT2D eigenvalue weighted by Crippen LogP contribution is 2.34. The van der Waals surface area contributed by atoms with Crippen LogP contribution in [-0.2, 0) is 19.4 Å². The Morgan fingerprint density at radius 3 is 2.79 bits per heavy atom. The molecule has 28 heavy (non-hydrogen) atoms. The third-order valence-corrected chi connectivity index (χ3v) is 6.40. The molecular formula is C22H20N4OS. The Labute approximate surface area is 166 Å². The number of thiophene rings is 1. The van der Waals surface area contributed by atoms with Crippen LogP contribution in [-0.4, -0.2) is 15.0 Å². The maximum Gasteiger partial charge on any atom is 0.259 e. The predicted octanol–water partition coefficient (Wildman–Crippen LogP) is 3.75. The fraction of sp³-hybridized carbons (Fsp3) is 0.227. The standard InChI is InChI=1S/C22H20N4OS/c27-21-19-15-9-6-11-17(15)28-22(19)26-18(25-21)13-24-20(14-7-2-1-3-8-14)16-10-4-5-12-23-16/h1-5,7-8,10,12,20,24H,6,9,11,13H2,(H,25,26,27). The summed E-state index contributed by atoms with van der Waals surface area (Å²) in [7, 11) is 0. The second-order valence-corrected chi connectivity index (χ2v) is 8.11. The van der Waals surface area contributed by atoms with Crippen LogP contribution in [0.1, 0.15) is 40.0 Å². The Balaban J connectivity index is 1.46. The number of H-pyrrole nitrogens is 1. The fourth-order valence-electron chi connectivity index (χ4n) is 3.91. The Morgan fingerprint density at radius 2 is 1.96 bits per heavy atom. The summed E-state index contributed by atoms with van der Waals surface area (Å²) in [6, 6.07) is 16.0. The molecule has 0 saturated heterocycles. The summed E-state index contributed by atoms with van der Waals surface area (Å²) in [5.74, 6) is 0.661. The zero-order chi connectivity index (χ0) is 18.9. The predicted molar refractivity (Wildman–Crippen MR) is 112 cm³/mol. The Bertz CT molecular complexity index is 1130. The van der Waals surface area contributed by atoms with Crippen molar-refractivity contribution >= 4 is 21.6 Å². The second kappa shape index (κ2) is 7.30. The Morgan fingerprint density at radius 1 is 1.11 bits per heavy atom. The van der Waals surface area contributed by atoms with Gasteiger partial charge >= 0.3 is 0 Å². The average molecular weight is 388 g/mol. The van der Waals surface area contributed by atoms with Crippen LogP contribution in [0, 0.1) is 0 Å². The highest BCUT2D eigenvalue weighted by molar-refractivity contribution is 7.18. The summed E-state index contributed by atoms with van der Waals surface area (Å²) in [6.07, 6.45) is 5.00. The highest BCUT2D eigenvalue weighted by Gasteiger charge is 2.21. The quantitative estimate of drug-likeness (QED) is 0.546. The molecule has 3 aromatic heterocycles. The van der Waals surface area contributed by atoms with Gasteiger partial charge in [0, 0.05) is 11.1 Å². The van der Waals surface area contributed by atoms with Crippen LogP contribution in [0.3, 0.4) is 0 Å². The lowest BCUT2D eigenvalue weighted by Crippen LogP contribution is -2.25. The van der Waals surface area contributed by atoms with E-state index in [1.807, 2.05) is 36.4 Å². The first-order valence-electron chi connectivity index (χ1n) is 9.52. The van der Waals surface area contributed by atoms with Crippen LogP contribution in [0.15, 0.2) is 59.5 Å². The summed E-state index contributed by atoms with van der Waals surface area (Å²) < 4.78 is 0. The van der Waals surface area contributed by atoms with E-state index in [1.165, 1.54) is 10.4 Å². The zero-order valence-electron chi connectivity index (χ0n) is 15.3. The molecule has 4 aromatic rings. The molecule has 6 heteroatoms. The van der Waals surface area contributed by atoms with E-state index in [2.05, 4.69) is 27.4 Å². The van der Waals surface area contributed by atoms with Gasteiger partial charge in [-0.3, -0.25) is 15.1 Å². The third kappa shape index (κ3) is 3.15. The van der Waals surface area contributed by atoms with Crippen LogP contribution < -0.4 is 10.9 Å². The summed E-state index contributed by atoms with van der Waals surface area (Å²) in [6.45, 7) is 0.462. The molecule has 1 aromatic carbocycles. The number of aryl methyl sites for hydroxylation is 2. The minimum absolute atomic E-state index is 0.0182. The highest BCUT2D eigenvalue weighted by atomic mass is 32.1. The molecule has 140 valence electrons. The maximum absolute atomic E-state index is 12.7. The second-order valence-electron chi connectivity index (χ2n) is 7.03. The Kier molecular flexibility index (Phi) is 4.50. The van der Waals surface area contributed by atoms with Gasteiger partial charge in [0.1, 0.15) is 10.7 Å². The smallest absolute Gasteiger partial charge is 0.259 e. The van der Waals surface area contributed by atoms with E-state index in [9.17, 15) is 4.79 Å². The summed E-state index contributed by atoms with van der Waals surface area (Å²) in [4.78, 5) is 27.1. The lowest BCUT2D eigenvalue weighted by molar-refractivity contribution is 0.575. The number of rotatable bonds is 5. The van der Waals surface area contributed by atoms with Gasteiger partial charge in [0.2, 0.25) is 0 Å². The zero-order valence-corrected chi connectivity index (χ0v) is 16.1. The molecule has 2 N–H and O–H groups in total. The molecule has 0 amide bonds. The first-order valence-corrected chi connectivity index (χ1v) is 10.3. The SMILES string of the molecule is O=c1[nH]c(CNC(c2ccccc2)c2ccccn2)nc2sc3c(c12)CCC3. The van der Waals surface area contributed by atoms with Gasteiger partial charge in [-0.05, 0) is 42.5 Å². The van der Waals surface area contributed by atoms with Crippen molar-refractivity contribution in [2.45, 2.75) is 31.8 Å². The average Bonchev–Trinajstić information content (AvgIpc) is 3.31. The van der Waals surface area contributed by atoms with Crippen molar-refractivity contribution in [2.24, 2.45) is 0 Å². The topological polar surface area (TPSA) is 70.7 Å². The van der Waals surface area contributed by atoms with E-state index >= 15 is 0 Å². The molecule has 3 heterocycles. The number of hydrogen-bond donors (Lipinski definition) is 2. The molecule has 1 atom stereocenters. The van der Waals surface area contributed by atoms with E-state index in [0.29, 0.717) is 12.4 Å². The molecule has 1 aliphatic carbocycles.